The second-order valence-corrected chi connectivity index (χ2v) is 2.94. The van der Waals surface area contributed by atoms with Crippen LogP contribution < -0.4 is 17.0 Å². The number of hydrogen-bond donors (Lipinski definition) is 3. The number of nitrogens with one attached hydrogen (secondary N) is 1. The molecule has 5 heteroatoms. The van der Waals surface area contributed by atoms with E-state index in [1.54, 1.807) is 0 Å². The molecule has 0 aliphatic carbocycles. The summed E-state index contributed by atoms with van der Waals surface area (Å²) in [6.45, 7) is 3.36. The predicted octanol–water partition coefficient (Wildman–Crippen LogP) is -1.06. The van der Waals surface area contributed by atoms with Crippen molar-refractivity contribution in [2.24, 2.45) is 16.6 Å². The van der Waals surface area contributed by atoms with Crippen molar-refractivity contribution in [2.45, 2.75) is 18.9 Å². The van der Waals surface area contributed by atoms with Crippen LogP contribution in [-0.4, -0.2) is 24.7 Å². The summed E-state index contributed by atoms with van der Waals surface area (Å²) in [6.07, 6.45) is 0.898. The summed E-state index contributed by atoms with van der Waals surface area (Å²) < 4.78 is 5.17. The zero-order chi connectivity index (χ0) is 8.32. The number of hydrogen-bond acceptors (Lipinski definition) is 3. The molecular formula is C6H14N4O. The van der Waals surface area contributed by atoms with Gasteiger partial charge in [-0.1, -0.05) is 0 Å². The third-order valence-corrected chi connectivity index (χ3v) is 1.74. The lowest BCUT2D eigenvalue weighted by Crippen LogP contribution is -2.40. The highest BCUT2D eigenvalue weighted by atomic mass is 16.5. The van der Waals surface area contributed by atoms with E-state index in [9.17, 15) is 0 Å². The summed E-state index contributed by atoms with van der Waals surface area (Å²) in [4.78, 5) is 4.16. The average Bonchev–Trinajstić information content (AvgIpc) is 2.36. The average molecular weight is 158 g/mol. The first kappa shape index (κ1) is 8.29. The topological polar surface area (TPSA) is 85.7 Å². The molecule has 0 aromatic heterocycles. The largest absolute Gasteiger partial charge is 0.379 e. The van der Waals surface area contributed by atoms with Crippen molar-refractivity contribution < 1.29 is 4.74 Å². The van der Waals surface area contributed by atoms with E-state index < -0.39 is 0 Å². The quantitative estimate of drug-likeness (QED) is 0.196. The van der Waals surface area contributed by atoms with Gasteiger partial charge in [0.1, 0.15) is 0 Å². The van der Waals surface area contributed by atoms with E-state index >= 15 is 0 Å². The van der Waals surface area contributed by atoms with Crippen molar-refractivity contribution in [3.63, 3.8) is 0 Å². The maximum Gasteiger partial charge on any atom is 0.203 e. The Bertz CT molecular complexity index is 162. The Morgan fingerprint density at radius 3 is 2.91 bits per heavy atom. The van der Waals surface area contributed by atoms with Gasteiger partial charge in [0.25, 0.3) is 0 Å². The van der Waals surface area contributed by atoms with Crippen LogP contribution in [0.15, 0.2) is 4.99 Å². The van der Waals surface area contributed by atoms with Crippen LogP contribution in [0.25, 0.3) is 0 Å². The molecule has 1 aliphatic rings. The molecule has 5 N–H and O–H groups in total. The molecule has 1 rings (SSSR count). The molecule has 0 radical (unpaired) electrons. The molecule has 0 bridgehead atoms. The van der Waals surface area contributed by atoms with Gasteiger partial charge in [-0.15, -0.1) is 0 Å². The Morgan fingerprint density at radius 1 is 1.73 bits per heavy atom. The zero-order valence-corrected chi connectivity index (χ0v) is 6.63. The predicted molar refractivity (Wildman–Crippen MR) is 42.8 cm³/mol. The Hall–Kier alpha value is -0.810. The zero-order valence-electron chi connectivity index (χ0n) is 6.63. The molecule has 0 amide bonds. The Kier molecular flexibility index (Phi) is 2.31. The van der Waals surface area contributed by atoms with Crippen molar-refractivity contribution in [3.8, 4) is 0 Å². The molecule has 0 spiro atoms. The summed E-state index contributed by atoms with van der Waals surface area (Å²) in [6, 6.07) is 0. The van der Waals surface area contributed by atoms with Crippen LogP contribution in [-0.2, 0) is 4.74 Å². The molecule has 0 aromatic rings. The summed E-state index contributed by atoms with van der Waals surface area (Å²) in [5, 5.41) is 0. The van der Waals surface area contributed by atoms with Crippen LogP contribution in [0, 0.1) is 0 Å². The molecule has 11 heavy (non-hydrogen) atoms. The van der Waals surface area contributed by atoms with E-state index in [-0.39, 0.29) is 11.5 Å². The third kappa shape index (κ3) is 2.06. The van der Waals surface area contributed by atoms with Gasteiger partial charge in [-0.05, 0) is 13.3 Å². The number of ether oxygens (including phenoxy) is 1. The highest BCUT2D eigenvalue weighted by Gasteiger charge is 2.29. The molecular weight excluding hydrogens is 144 g/mol. The minimum Gasteiger partial charge on any atom is -0.379 e. The van der Waals surface area contributed by atoms with Crippen LogP contribution >= 0.6 is 0 Å². The van der Waals surface area contributed by atoms with Gasteiger partial charge >= 0.3 is 0 Å². The van der Waals surface area contributed by atoms with Gasteiger partial charge in [0.15, 0.2) is 0 Å². The van der Waals surface area contributed by atoms with Crippen molar-refractivity contribution >= 4 is 5.96 Å². The van der Waals surface area contributed by atoms with E-state index in [0.717, 1.165) is 13.0 Å². The Balaban J connectivity index is 2.58. The lowest BCUT2D eigenvalue weighted by Gasteiger charge is -2.16. The van der Waals surface area contributed by atoms with Gasteiger partial charge in [0, 0.05) is 6.61 Å². The highest BCUT2D eigenvalue weighted by molar-refractivity contribution is 5.77. The maximum absolute atomic E-state index is 5.40. The molecule has 1 fully saturated rings. The van der Waals surface area contributed by atoms with Gasteiger partial charge in [-0.3, -0.25) is 5.43 Å². The van der Waals surface area contributed by atoms with Crippen LogP contribution in [0.4, 0.5) is 0 Å². The van der Waals surface area contributed by atoms with Crippen molar-refractivity contribution in [1.29, 1.82) is 0 Å². The lowest BCUT2D eigenvalue weighted by atomic mass is 10.0. The second kappa shape index (κ2) is 3.06. The Morgan fingerprint density at radius 2 is 2.45 bits per heavy atom. The minimum atomic E-state index is -0.184. The summed E-state index contributed by atoms with van der Waals surface area (Å²) >= 11 is 0. The molecule has 5 nitrogen and oxygen atoms in total. The van der Waals surface area contributed by atoms with Crippen LogP contribution in [0.5, 0.6) is 0 Å². The SMILES string of the molecule is CC1(N=C(N)NN)CCOC1. The molecule has 1 atom stereocenters. The number of nitrogens with two attached hydrogens (primary N) is 2. The highest BCUT2D eigenvalue weighted by Crippen LogP contribution is 2.21. The summed E-state index contributed by atoms with van der Waals surface area (Å²) in [7, 11) is 0. The molecule has 1 saturated heterocycles. The van der Waals surface area contributed by atoms with Crippen molar-refractivity contribution in [3.05, 3.63) is 0 Å². The first-order chi connectivity index (χ1) is 5.16. The van der Waals surface area contributed by atoms with Gasteiger partial charge in [-0.25, -0.2) is 10.8 Å². The monoisotopic (exact) mass is 158 g/mol. The van der Waals surface area contributed by atoms with Gasteiger partial charge < -0.3 is 10.5 Å². The van der Waals surface area contributed by atoms with E-state index in [4.69, 9.17) is 16.3 Å². The fourth-order valence-electron chi connectivity index (χ4n) is 1.07. The first-order valence-corrected chi connectivity index (χ1v) is 3.56. The molecule has 1 unspecified atom stereocenters. The Labute approximate surface area is 65.8 Å². The van der Waals surface area contributed by atoms with Crippen molar-refractivity contribution in [1.82, 2.24) is 5.43 Å². The van der Waals surface area contributed by atoms with E-state index in [1.807, 2.05) is 6.92 Å². The molecule has 64 valence electrons. The van der Waals surface area contributed by atoms with Crippen LogP contribution in [0.3, 0.4) is 0 Å². The number of rotatable bonds is 1. The van der Waals surface area contributed by atoms with E-state index in [0.29, 0.717) is 6.61 Å². The number of nitrogens with zero attached hydrogens (tertiary/aromatic N) is 1. The molecule has 1 heterocycles. The number of aliphatic imine (C=N–C) groups is 1. The normalized spacial score (nSPS) is 32.4. The number of hydrazine groups is 1. The van der Waals surface area contributed by atoms with Gasteiger partial charge in [0.05, 0.1) is 12.1 Å². The fraction of sp³-hybridized carbons (Fsp3) is 0.833. The minimum absolute atomic E-state index is 0.184. The lowest BCUT2D eigenvalue weighted by molar-refractivity contribution is 0.182. The van der Waals surface area contributed by atoms with Gasteiger partial charge in [0.2, 0.25) is 5.96 Å². The number of guanidine groups is 1. The second-order valence-electron chi connectivity index (χ2n) is 2.94. The maximum atomic E-state index is 5.40. The van der Waals surface area contributed by atoms with E-state index in [2.05, 4.69) is 10.4 Å². The molecule has 0 aromatic carbocycles. The van der Waals surface area contributed by atoms with Crippen LogP contribution in [0.1, 0.15) is 13.3 Å². The smallest absolute Gasteiger partial charge is 0.203 e. The van der Waals surface area contributed by atoms with Gasteiger partial charge in [-0.2, -0.15) is 0 Å². The fourth-order valence-corrected chi connectivity index (χ4v) is 1.07. The first-order valence-electron chi connectivity index (χ1n) is 3.56. The van der Waals surface area contributed by atoms with E-state index in [1.165, 1.54) is 0 Å². The molecule has 1 aliphatic heterocycles. The molecule has 0 saturated carbocycles. The van der Waals surface area contributed by atoms with Crippen LogP contribution in [0.2, 0.25) is 0 Å². The standard InChI is InChI=1S/C6H14N4O/c1-6(2-3-11-4-6)9-5(7)10-8/h2-4,8H2,1H3,(H3,7,9,10). The summed E-state index contributed by atoms with van der Waals surface area (Å²) in [5.41, 5.74) is 7.50. The van der Waals surface area contributed by atoms with Crippen molar-refractivity contribution in [2.75, 3.05) is 13.2 Å². The third-order valence-electron chi connectivity index (χ3n) is 1.74. The summed E-state index contributed by atoms with van der Waals surface area (Å²) in [5.74, 6) is 5.32.